The standard InChI is InChI=1S/C8H11N3O3/c1-3-7(13)10-6(4-12)8-9-5(2)11-14-8/h3,6,12H,1,4H2,2H3,(H,10,13)/t6-/m1/s1. The molecule has 0 aliphatic carbocycles. The maximum atomic E-state index is 10.9. The van der Waals surface area contributed by atoms with Crippen LogP contribution in [0.25, 0.3) is 0 Å². The lowest BCUT2D eigenvalue weighted by Crippen LogP contribution is -2.29. The van der Waals surface area contributed by atoms with Gasteiger partial charge in [-0.05, 0) is 13.0 Å². The van der Waals surface area contributed by atoms with Gasteiger partial charge in [0.05, 0.1) is 6.61 Å². The molecule has 0 unspecified atom stereocenters. The zero-order chi connectivity index (χ0) is 10.6. The molecule has 6 nitrogen and oxygen atoms in total. The number of nitrogens with one attached hydrogen (secondary N) is 1. The molecule has 1 heterocycles. The average Bonchev–Trinajstić information content (AvgIpc) is 2.60. The second-order valence-electron chi connectivity index (χ2n) is 2.63. The second kappa shape index (κ2) is 4.52. The van der Waals surface area contributed by atoms with Gasteiger partial charge in [0.1, 0.15) is 6.04 Å². The van der Waals surface area contributed by atoms with Crippen LogP contribution in [-0.4, -0.2) is 27.8 Å². The van der Waals surface area contributed by atoms with Gasteiger partial charge in [-0.2, -0.15) is 4.98 Å². The first-order valence-electron chi connectivity index (χ1n) is 4.01. The molecule has 0 fully saturated rings. The van der Waals surface area contributed by atoms with Gasteiger partial charge in [-0.1, -0.05) is 11.7 Å². The molecule has 1 aromatic heterocycles. The van der Waals surface area contributed by atoms with E-state index in [4.69, 9.17) is 9.63 Å². The molecule has 0 aliphatic heterocycles. The van der Waals surface area contributed by atoms with E-state index >= 15 is 0 Å². The van der Waals surface area contributed by atoms with Crippen molar-refractivity contribution in [3.05, 3.63) is 24.4 Å². The molecule has 1 aromatic rings. The van der Waals surface area contributed by atoms with Crippen LogP contribution in [0.2, 0.25) is 0 Å². The van der Waals surface area contributed by atoms with Gasteiger partial charge in [0.2, 0.25) is 5.91 Å². The Kier molecular flexibility index (Phi) is 3.35. The summed E-state index contributed by atoms with van der Waals surface area (Å²) < 4.78 is 4.79. The van der Waals surface area contributed by atoms with E-state index in [1.54, 1.807) is 6.92 Å². The van der Waals surface area contributed by atoms with Crippen LogP contribution in [-0.2, 0) is 4.79 Å². The van der Waals surface area contributed by atoms with Crippen molar-refractivity contribution in [1.82, 2.24) is 15.5 Å². The molecule has 0 aliphatic rings. The van der Waals surface area contributed by atoms with Crippen molar-refractivity contribution in [2.75, 3.05) is 6.61 Å². The highest BCUT2D eigenvalue weighted by Gasteiger charge is 2.18. The van der Waals surface area contributed by atoms with Crippen LogP contribution < -0.4 is 5.32 Å². The third kappa shape index (κ3) is 2.40. The Morgan fingerprint density at radius 2 is 2.57 bits per heavy atom. The summed E-state index contributed by atoms with van der Waals surface area (Å²) in [4.78, 5) is 14.8. The maximum absolute atomic E-state index is 10.9. The number of aromatic nitrogens is 2. The van der Waals surface area contributed by atoms with Gasteiger partial charge in [0, 0.05) is 0 Å². The van der Waals surface area contributed by atoms with Gasteiger partial charge < -0.3 is 14.9 Å². The van der Waals surface area contributed by atoms with Gasteiger partial charge in [-0.15, -0.1) is 0 Å². The van der Waals surface area contributed by atoms with Crippen LogP contribution in [0.1, 0.15) is 17.8 Å². The van der Waals surface area contributed by atoms with Crippen LogP contribution in [0.4, 0.5) is 0 Å². The van der Waals surface area contributed by atoms with Crippen molar-refractivity contribution >= 4 is 5.91 Å². The summed E-state index contributed by atoms with van der Waals surface area (Å²) in [5.41, 5.74) is 0. The third-order valence-electron chi connectivity index (χ3n) is 1.53. The predicted octanol–water partition coefficient (Wildman–Crippen LogP) is -0.286. The Labute approximate surface area is 80.6 Å². The van der Waals surface area contributed by atoms with E-state index in [-0.39, 0.29) is 12.5 Å². The molecule has 0 radical (unpaired) electrons. The number of carbonyl (C=O) groups excluding carboxylic acids is 1. The summed E-state index contributed by atoms with van der Waals surface area (Å²) in [7, 11) is 0. The SMILES string of the molecule is C=CC(=O)N[C@H](CO)c1nc(C)no1. The highest BCUT2D eigenvalue weighted by molar-refractivity contribution is 5.87. The van der Waals surface area contributed by atoms with E-state index in [2.05, 4.69) is 22.0 Å². The molecule has 14 heavy (non-hydrogen) atoms. The first kappa shape index (κ1) is 10.4. The number of aliphatic hydroxyl groups excluding tert-OH is 1. The van der Waals surface area contributed by atoms with Gasteiger partial charge in [0.25, 0.3) is 5.89 Å². The lowest BCUT2D eigenvalue weighted by atomic mass is 10.3. The van der Waals surface area contributed by atoms with Gasteiger partial charge in [-0.3, -0.25) is 4.79 Å². The molecule has 0 saturated carbocycles. The first-order valence-corrected chi connectivity index (χ1v) is 4.01. The molecule has 6 heteroatoms. The summed E-state index contributed by atoms with van der Waals surface area (Å²) in [6.07, 6.45) is 1.10. The fraction of sp³-hybridized carbons (Fsp3) is 0.375. The van der Waals surface area contributed by atoms with Crippen molar-refractivity contribution < 1.29 is 14.4 Å². The fourth-order valence-corrected chi connectivity index (χ4v) is 0.871. The Hall–Kier alpha value is -1.69. The molecule has 1 rings (SSSR count). The van der Waals surface area contributed by atoms with Crippen LogP contribution in [0.5, 0.6) is 0 Å². The Balaban J connectivity index is 2.71. The highest BCUT2D eigenvalue weighted by Crippen LogP contribution is 2.08. The van der Waals surface area contributed by atoms with Crippen molar-refractivity contribution in [3.8, 4) is 0 Å². The Morgan fingerprint density at radius 3 is 3.00 bits per heavy atom. The third-order valence-corrected chi connectivity index (χ3v) is 1.53. The van der Waals surface area contributed by atoms with Crippen molar-refractivity contribution in [2.24, 2.45) is 0 Å². The van der Waals surface area contributed by atoms with Crippen LogP contribution >= 0.6 is 0 Å². The first-order chi connectivity index (χ1) is 6.67. The van der Waals surface area contributed by atoms with E-state index in [0.29, 0.717) is 5.82 Å². The molecule has 1 amide bonds. The minimum atomic E-state index is -0.679. The van der Waals surface area contributed by atoms with Crippen LogP contribution in [0.15, 0.2) is 17.2 Å². The molecule has 2 N–H and O–H groups in total. The minimum absolute atomic E-state index is 0.181. The average molecular weight is 197 g/mol. The number of nitrogens with zero attached hydrogens (tertiary/aromatic N) is 2. The molecule has 0 bridgehead atoms. The van der Waals surface area contributed by atoms with Crippen molar-refractivity contribution in [3.63, 3.8) is 0 Å². The summed E-state index contributed by atoms with van der Waals surface area (Å²) in [6, 6.07) is -0.679. The minimum Gasteiger partial charge on any atom is -0.394 e. The van der Waals surface area contributed by atoms with E-state index in [1.807, 2.05) is 0 Å². The van der Waals surface area contributed by atoms with Gasteiger partial charge in [0.15, 0.2) is 5.82 Å². The molecule has 0 spiro atoms. The zero-order valence-corrected chi connectivity index (χ0v) is 7.73. The van der Waals surface area contributed by atoms with E-state index in [1.165, 1.54) is 0 Å². The fourth-order valence-electron chi connectivity index (χ4n) is 0.871. The van der Waals surface area contributed by atoms with Crippen LogP contribution in [0.3, 0.4) is 0 Å². The highest BCUT2D eigenvalue weighted by atomic mass is 16.5. The number of aryl methyl sites for hydroxylation is 1. The molecular formula is C8H11N3O3. The van der Waals surface area contributed by atoms with E-state index in [0.717, 1.165) is 6.08 Å². The summed E-state index contributed by atoms with van der Waals surface area (Å²) in [5.74, 6) is 0.228. The topological polar surface area (TPSA) is 88.2 Å². The van der Waals surface area contributed by atoms with Gasteiger partial charge >= 0.3 is 0 Å². The van der Waals surface area contributed by atoms with E-state index in [9.17, 15) is 4.79 Å². The molecule has 76 valence electrons. The largest absolute Gasteiger partial charge is 0.394 e. The van der Waals surface area contributed by atoms with Crippen LogP contribution in [0, 0.1) is 6.92 Å². The monoisotopic (exact) mass is 197 g/mol. The molecular weight excluding hydrogens is 186 g/mol. The number of hydrogen-bond acceptors (Lipinski definition) is 5. The number of amides is 1. The zero-order valence-electron chi connectivity index (χ0n) is 7.73. The predicted molar refractivity (Wildman–Crippen MR) is 47.2 cm³/mol. The Bertz CT molecular complexity index is 334. The molecule has 0 aromatic carbocycles. The van der Waals surface area contributed by atoms with Crippen molar-refractivity contribution in [1.29, 1.82) is 0 Å². The quantitative estimate of drug-likeness (QED) is 0.648. The lowest BCUT2D eigenvalue weighted by molar-refractivity contribution is -0.117. The number of rotatable bonds is 4. The summed E-state index contributed by atoms with van der Waals surface area (Å²) in [5, 5.41) is 14.9. The van der Waals surface area contributed by atoms with E-state index < -0.39 is 11.9 Å². The Morgan fingerprint density at radius 1 is 1.86 bits per heavy atom. The van der Waals surface area contributed by atoms with Crippen molar-refractivity contribution in [2.45, 2.75) is 13.0 Å². The van der Waals surface area contributed by atoms with Gasteiger partial charge in [-0.25, -0.2) is 0 Å². The maximum Gasteiger partial charge on any atom is 0.251 e. The molecule has 0 saturated heterocycles. The summed E-state index contributed by atoms with van der Waals surface area (Å²) >= 11 is 0. The normalized spacial score (nSPS) is 12.1. The number of aliphatic hydroxyl groups is 1. The second-order valence-corrected chi connectivity index (χ2v) is 2.63. The number of carbonyl (C=O) groups is 1. The summed E-state index contributed by atoms with van der Waals surface area (Å²) in [6.45, 7) is 4.63. The lowest BCUT2D eigenvalue weighted by Gasteiger charge is -2.09. The number of hydrogen-bond donors (Lipinski definition) is 2. The molecule has 1 atom stereocenters. The smallest absolute Gasteiger partial charge is 0.251 e.